The number of rotatable bonds is 3. The van der Waals surface area contributed by atoms with Gasteiger partial charge in [-0.25, -0.2) is 4.39 Å². The average molecular weight is 263 g/mol. The fourth-order valence-electron chi connectivity index (χ4n) is 1.53. The zero-order valence-electron chi connectivity index (χ0n) is 9.96. The number of ether oxygens (including phenoxy) is 1. The predicted octanol–water partition coefficient (Wildman–Crippen LogP) is 3.54. The van der Waals surface area contributed by atoms with Crippen LogP contribution in [0.4, 0.5) is 10.1 Å². The second-order valence-electron chi connectivity index (χ2n) is 3.90. The van der Waals surface area contributed by atoms with Gasteiger partial charge < -0.3 is 9.84 Å². The quantitative estimate of drug-likeness (QED) is 0.679. The van der Waals surface area contributed by atoms with Gasteiger partial charge in [0, 0.05) is 0 Å². The number of para-hydroxylation sites is 2. The summed E-state index contributed by atoms with van der Waals surface area (Å²) < 4.78 is 18.6. The number of aromatic hydroxyl groups is 1. The molecule has 0 saturated heterocycles. The van der Waals surface area contributed by atoms with Crippen LogP contribution in [0, 0.1) is 22.9 Å². The molecule has 0 aliphatic rings. The lowest BCUT2D eigenvalue weighted by molar-refractivity contribution is -0.385. The summed E-state index contributed by atoms with van der Waals surface area (Å²) in [7, 11) is 0. The highest BCUT2D eigenvalue weighted by Crippen LogP contribution is 2.36. The molecule has 19 heavy (non-hydrogen) atoms. The van der Waals surface area contributed by atoms with Gasteiger partial charge in [-0.15, -0.1) is 0 Å². The predicted molar refractivity (Wildman–Crippen MR) is 66.0 cm³/mol. The number of hydrogen-bond donors (Lipinski definition) is 1. The first-order chi connectivity index (χ1) is 8.99. The first-order valence-corrected chi connectivity index (χ1v) is 5.39. The molecule has 0 unspecified atom stereocenters. The summed E-state index contributed by atoms with van der Waals surface area (Å²) in [6.45, 7) is 1.47. The molecule has 0 bridgehead atoms. The van der Waals surface area contributed by atoms with E-state index in [2.05, 4.69) is 0 Å². The van der Waals surface area contributed by atoms with E-state index in [-0.39, 0.29) is 22.8 Å². The Morgan fingerprint density at radius 1 is 1.26 bits per heavy atom. The maximum Gasteiger partial charge on any atom is 0.314 e. The topological polar surface area (TPSA) is 72.6 Å². The standard InChI is InChI=1S/C13H10FNO4/c1-8-6-13(10(15(17)18)7-9(8)14)19-12-5-3-2-4-11(12)16/h2-7,16H,1H3. The molecule has 2 aromatic carbocycles. The minimum absolute atomic E-state index is 0.0663. The summed E-state index contributed by atoms with van der Waals surface area (Å²) in [6.07, 6.45) is 0. The van der Waals surface area contributed by atoms with Crippen LogP contribution in [0.1, 0.15) is 5.56 Å². The minimum Gasteiger partial charge on any atom is -0.504 e. The Balaban J connectivity index is 2.48. The monoisotopic (exact) mass is 263 g/mol. The van der Waals surface area contributed by atoms with E-state index in [4.69, 9.17) is 4.74 Å². The SMILES string of the molecule is Cc1cc(Oc2ccccc2O)c([N+](=O)[O-])cc1F. The van der Waals surface area contributed by atoms with Crippen LogP contribution in [-0.4, -0.2) is 10.0 Å². The fraction of sp³-hybridized carbons (Fsp3) is 0.0769. The molecule has 0 atom stereocenters. The molecule has 0 radical (unpaired) electrons. The summed E-state index contributed by atoms with van der Waals surface area (Å²) in [6, 6.07) is 8.06. The molecule has 5 nitrogen and oxygen atoms in total. The summed E-state index contributed by atoms with van der Waals surface area (Å²) >= 11 is 0. The van der Waals surface area contributed by atoms with Gasteiger partial charge in [0.05, 0.1) is 11.0 Å². The van der Waals surface area contributed by atoms with Crippen LogP contribution >= 0.6 is 0 Å². The van der Waals surface area contributed by atoms with Gasteiger partial charge in [-0.05, 0) is 30.7 Å². The van der Waals surface area contributed by atoms with Crippen LogP contribution in [0.5, 0.6) is 17.2 Å². The van der Waals surface area contributed by atoms with Crippen molar-refractivity contribution in [2.24, 2.45) is 0 Å². The molecule has 0 aliphatic carbocycles. The molecule has 0 fully saturated rings. The fourth-order valence-corrected chi connectivity index (χ4v) is 1.53. The number of benzene rings is 2. The Hall–Kier alpha value is -2.63. The smallest absolute Gasteiger partial charge is 0.314 e. The third kappa shape index (κ3) is 2.62. The van der Waals surface area contributed by atoms with Gasteiger partial charge in [-0.3, -0.25) is 10.1 Å². The molecule has 98 valence electrons. The Morgan fingerprint density at radius 2 is 1.95 bits per heavy atom. The zero-order chi connectivity index (χ0) is 14.0. The lowest BCUT2D eigenvalue weighted by Crippen LogP contribution is -1.96. The summed E-state index contributed by atoms with van der Waals surface area (Å²) in [5, 5.41) is 20.4. The Kier molecular flexibility index (Phi) is 3.33. The van der Waals surface area contributed by atoms with E-state index in [1.807, 2.05) is 0 Å². The Bertz CT molecular complexity index is 643. The molecule has 2 rings (SSSR count). The Labute approximate surface area is 108 Å². The number of aryl methyl sites for hydroxylation is 1. The van der Waals surface area contributed by atoms with Gasteiger partial charge in [-0.1, -0.05) is 12.1 Å². The molecule has 0 aromatic heterocycles. The number of nitrogens with zero attached hydrogens (tertiary/aromatic N) is 1. The van der Waals surface area contributed by atoms with Crippen molar-refractivity contribution in [1.82, 2.24) is 0 Å². The largest absolute Gasteiger partial charge is 0.504 e. The van der Waals surface area contributed by atoms with E-state index < -0.39 is 16.4 Å². The highest BCUT2D eigenvalue weighted by Gasteiger charge is 2.19. The number of phenolic OH excluding ortho intramolecular Hbond substituents is 1. The van der Waals surface area contributed by atoms with E-state index in [0.717, 1.165) is 6.07 Å². The van der Waals surface area contributed by atoms with E-state index in [1.54, 1.807) is 12.1 Å². The van der Waals surface area contributed by atoms with E-state index in [0.29, 0.717) is 0 Å². The number of halogens is 1. The van der Waals surface area contributed by atoms with Gasteiger partial charge >= 0.3 is 5.69 Å². The number of phenols is 1. The summed E-state index contributed by atoms with van der Waals surface area (Å²) in [5.41, 5.74) is -0.276. The van der Waals surface area contributed by atoms with Gasteiger partial charge in [-0.2, -0.15) is 0 Å². The number of hydrogen-bond acceptors (Lipinski definition) is 4. The van der Waals surface area contributed by atoms with Crippen molar-refractivity contribution >= 4 is 5.69 Å². The van der Waals surface area contributed by atoms with Crippen molar-refractivity contribution in [2.75, 3.05) is 0 Å². The van der Waals surface area contributed by atoms with Gasteiger partial charge in [0.1, 0.15) is 5.82 Å². The summed E-state index contributed by atoms with van der Waals surface area (Å²) in [5.74, 6) is -0.892. The zero-order valence-corrected chi connectivity index (χ0v) is 9.96. The first-order valence-electron chi connectivity index (χ1n) is 5.39. The molecule has 0 heterocycles. The minimum atomic E-state index is -0.738. The molecular formula is C13H10FNO4. The third-order valence-corrected chi connectivity index (χ3v) is 2.52. The van der Waals surface area contributed by atoms with Crippen LogP contribution in [0.3, 0.4) is 0 Å². The maximum atomic E-state index is 13.3. The van der Waals surface area contributed by atoms with E-state index in [9.17, 15) is 19.6 Å². The highest BCUT2D eigenvalue weighted by atomic mass is 19.1. The van der Waals surface area contributed by atoms with Crippen molar-refractivity contribution in [3.63, 3.8) is 0 Å². The molecule has 1 N–H and O–H groups in total. The highest BCUT2D eigenvalue weighted by molar-refractivity contribution is 5.52. The van der Waals surface area contributed by atoms with Crippen LogP contribution in [0.2, 0.25) is 0 Å². The van der Waals surface area contributed by atoms with Crippen molar-refractivity contribution in [2.45, 2.75) is 6.92 Å². The third-order valence-electron chi connectivity index (χ3n) is 2.52. The lowest BCUT2D eigenvalue weighted by Gasteiger charge is -2.08. The van der Waals surface area contributed by atoms with E-state index in [1.165, 1.54) is 25.1 Å². The second-order valence-corrected chi connectivity index (χ2v) is 3.90. The molecule has 6 heteroatoms. The van der Waals surface area contributed by atoms with E-state index >= 15 is 0 Å². The molecule has 2 aromatic rings. The van der Waals surface area contributed by atoms with Crippen molar-refractivity contribution < 1.29 is 19.2 Å². The summed E-state index contributed by atoms with van der Waals surface area (Å²) in [4.78, 5) is 10.1. The van der Waals surface area contributed by atoms with Crippen LogP contribution in [0.15, 0.2) is 36.4 Å². The van der Waals surface area contributed by atoms with Crippen molar-refractivity contribution in [1.29, 1.82) is 0 Å². The second kappa shape index (κ2) is 4.93. The normalized spacial score (nSPS) is 10.2. The van der Waals surface area contributed by atoms with Crippen LogP contribution in [-0.2, 0) is 0 Å². The van der Waals surface area contributed by atoms with Crippen LogP contribution in [0.25, 0.3) is 0 Å². The lowest BCUT2D eigenvalue weighted by atomic mass is 10.2. The van der Waals surface area contributed by atoms with Gasteiger partial charge in [0.2, 0.25) is 5.75 Å². The number of nitro groups is 1. The molecule has 0 spiro atoms. The van der Waals surface area contributed by atoms with Crippen molar-refractivity contribution in [3.05, 3.63) is 57.9 Å². The molecule has 0 aliphatic heterocycles. The Morgan fingerprint density at radius 3 is 2.58 bits per heavy atom. The number of nitro benzene ring substituents is 1. The molecule has 0 saturated carbocycles. The van der Waals surface area contributed by atoms with Crippen molar-refractivity contribution in [3.8, 4) is 17.2 Å². The average Bonchev–Trinajstić information content (AvgIpc) is 2.36. The van der Waals surface area contributed by atoms with Gasteiger partial charge in [0.15, 0.2) is 11.5 Å². The van der Waals surface area contributed by atoms with Gasteiger partial charge in [0.25, 0.3) is 0 Å². The molecule has 0 amide bonds. The van der Waals surface area contributed by atoms with Crippen LogP contribution < -0.4 is 4.74 Å². The maximum absolute atomic E-state index is 13.3. The first kappa shape index (κ1) is 12.8. The molecular weight excluding hydrogens is 253 g/mol.